The lowest BCUT2D eigenvalue weighted by molar-refractivity contribution is 0.476. The van der Waals surface area contributed by atoms with Gasteiger partial charge in [-0.3, -0.25) is 0 Å². The maximum atomic E-state index is 6.38. The summed E-state index contributed by atoms with van der Waals surface area (Å²) >= 11 is 0. The number of fused-ring (bicyclic) bond motifs is 7. The Kier molecular flexibility index (Phi) is 7.54. The van der Waals surface area contributed by atoms with Crippen molar-refractivity contribution in [3.63, 3.8) is 0 Å². The SMILES string of the molecule is c1cc(-c2ccc3ccccc3c2)cc(N(c2ccc(-c3ccc4c(c3)c3cccc5c3n4-c3ccccc3O5)cc2)c2cccc(-c3cccc4ccccc34)c2)c1. The number of para-hydroxylation sites is 3. The van der Waals surface area contributed by atoms with Crippen LogP contribution in [0, 0.1) is 0 Å². The second-order valence-corrected chi connectivity index (χ2v) is 15.4. The summed E-state index contributed by atoms with van der Waals surface area (Å²) in [6.45, 7) is 0. The summed E-state index contributed by atoms with van der Waals surface area (Å²) in [6.07, 6.45) is 0. The summed E-state index contributed by atoms with van der Waals surface area (Å²) in [5.41, 5.74) is 13.7. The van der Waals surface area contributed by atoms with E-state index in [0.717, 1.165) is 45.3 Å². The number of hydrogen-bond acceptors (Lipinski definition) is 2. The number of ether oxygens (including phenoxy) is 1. The average molecular weight is 753 g/mol. The van der Waals surface area contributed by atoms with Gasteiger partial charge in [-0.25, -0.2) is 0 Å². The van der Waals surface area contributed by atoms with E-state index in [-0.39, 0.29) is 0 Å². The van der Waals surface area contributed by atoms with Crippen LogP contribution in [0.3, 0.4) is 0 Å². The number of hydrogen-bond donors (Lipinski definition) is 0. The molecule has 0 saturated heterocycles. The van der Waals surface area contributed by atoms with Crippen molar-refractivity contribution in [2.24, 2.45) is 0 Å². The molecule has 3 heteroatoms. The van der Waals surface area contributed by atoms with E-state index in [1.807, 2.05) is 12.1 Å². The van der Waals surface area contributed by atoms with E-state index in [2.05, 4.69) is 216 Å². The van der Waals surface area contributed by atoms with Gasteiger partial charge in [-0.1, -0.05) is 146 Å². The molecule has 1 aromatic heterocycles. The maximum Gasteiger partial charge on any atom is 0.152 e. The first-order chi connectivity index (χ1) is 29.2. The van der Waals surface area contributed by atoms with Gasteiger partial charge in [-0.15, -0.1) is 0 Å². The molecule has 0 spiro atoms. The molecule has 1 aliphatic rings. The Morgan fingerprint density at radius 2 is 0.949 bits per heavy atom. The molecule has 10 aromatic carbocycles. The van der Waals surface area contributed by atoms with Crippen molar-refractivity contribution in [2.45, 2.75) is 0 Å². The van der Waals surface area contributed by atoms with Crippen molar-refractivity contribution in [2.75, 3.05) is 4.90 Å². The van der Waals surface area contributed by atoms with Crippen LogP contribution >= 0.6 is 0 Å². The Bertz CT molecular complexity index is 3430. The van der Waals surface area contributed by atoms with Crippen molar-refractivity contribution in [3.8, 4) is 50.6 Å². The molecule has 0 radical (unpaired) electrons. The minimum atomic E-state index is 0.875. The highest BCUT2D eigenvalue weighted by Gasteiger charge is 2.24. The summed E-state index contributed by atoms with van der Waals surface area (Å²) in [7, 11) is 0. The first-order valence-electron chi connectivity index (χ1n) is 20.2. The third kappa shape index (κ3) is 5.51. The molecule has 0 aliphatic carbocycles. The van der Waals surface area contributed by atoms with Crippen LogP contribution in [0.1, 0.15) is 0 Å². The van der Waals surface area contributed by atoms with Gasteiger partial charge in [0, 0.05) is 27.8 Å². The highest BCUT2D eigenvalue weighted by molar-refractivity contribution is 6.13. The van der Waals surface area contributed by atoms with Crippen LogP contribution < -0.4 is 9.64 Å². The fraction of sp³-hybridized carbons (Fsp3) is 0. The molecule has 12 rings (SSSR count). The lowest BCUT2D eigenvalue weighted by Gasteiger charge is -2.27. The molecule has 0 amide bonds. The Balaban J connectivity index is 0.978. The first kappa shape index (κ1) is 33.3. The highest BCUT2D eigenvalue weighted by atomic mass is 16.5. The quantitative estimate of drug-likeness (QED) is 0.168. The topological polar surface area (TPSA) is 17.4 Å². The zero-order valence-corrected chi connectivity index (χ0v) is 32.1. The van der Waals surface area contributed by atoms with E-state index >= 15 is 0 Å². The lowest BCUT2D eigenvalue weighted by Crippen LogP contribution is -2.10. The number of rotatable bonds is 6. The lowest BCUT2D eigenvalue weighted by atomic mass is 9.97. The minimum absolute atomic E-state index is 0.875. The van der Waals surface area contributed by atoms with Gasteiger partial charge in [0.1, 0.15) is 0 Å². The van der Waals surface area contributed by atoms with E-state index < -0.39 is 0 Å². The van der Waals surface area contributed by atoms with Crippen molar-refractivity contribution in [3.05, 3.63) is 218 Å². The number of nitrogens with zero attached hydrogens (tertiary/aromatic N) is 2. The molecule has 0 bridgehead atoms. The van der Waals surface area contributed by atoms with Gasteiger partial charge >= 0.3 is 0 Å². The summed E-state index contributed by atoms with van der Waals surface area (Å²) in [4.78, 5) is 2.38. The first-order valence-corrected chi connectivity index (χ1v) is 20.2. The Labute approximate surface area is 342 Å². The zero-order valence-electron chi connectivity index (χ0n) is 32.1. The van der Waals surface area contributed by atoms with Crippen molar-refractivity contribution < 1.29 is 4.74 Å². The summed E-state index contributed by atoms with van der Waals surface area (Å²) in [5.74, 6) is 1.76. The van der Waals surface area contributed by atoms with Gasteiger partial charge in [0.15, 0.2) is 11.5 Å². The molecular weight excluding hydrogens is 717 g/mol. The molecule has 0 saturated carbocycles. The third-order valence-corrected chi connectivity index (χ3v) is 11.9. The van der Waals surface area contributed by atoms with E-state index in [9.17, 15) is 0 Å². The molecule has 0 N–H and O–H groups in total. The zero-order chi connectivity index (χ0) is 38.9. The maximum absolute atomic E-state index is 6.38. The van der Waals surface area contributed by atoms with Gasteiger partial charge < -0.3 is 14.2 Å². The van der Waals surface area contributed by atoms with Gasteiger partial charge in [0.2, 0.25) is 0 Å². The van der Waals surface area contributed by atoms with Gasteiger partial charge in [0.25, 0.3) is 0 Å². The van der Waals surface area contributed by atoms with E-state index in [0.29, 0.717) is 0 Å². The minimum Gasteiger partial charge on any atom is -0.453 e. The predicted molar refractivity (Wildman–Crippen MR) is 247 cm³/mol. The number of aromatic nitrogens is 1. The molecule has 276 valence electrons. The van der Waals surface area contributed by atoms with Crippen LogP contribution in [0.25, 0.3) is 82.4 Å². The van der Waals surface area contributed by atoms with Crippen molar-refractivity contribution >= 4 is 60.4 Å². The molecule has 3 nitrogen and oxygen atoms in total. The molecule has 11 aromatic rings. The van der Waals surface area contributed by atoms with Crippen LogP contribution in [0.2, 0.25) is 0 Å². The van der Waals surface area contributed by atoms with E-state index in [1.165, 1.54) is 65.7 Å². The van der Waals surface area contributed by atoms with Gasteiger partial charge in [0.05, 0.1) is 16.7 Å². The van der Waals surface area contributed by atoms with Crippen molar-refractivity contribution in [1.82, 2.24) is 4.57 Å². The number of benzene rings is 10. The highest BCUT2D eigenvalue weighted by Crippen LogP contribution is 2.46. The molecule has 0 unspecified atom stereocenters. The molecular formula is C56H36N2O. The second kappa shape index (κ2) is 13.4. The van der Waals surface area contributed by atoms with Crippen LogP contribution in [0.4, 0.5) is 17.1 Å². The monoisotopic (exact) mass is 752 g/mol. The van der Waals surface area contributed by atoms with Crippen LogP contribution in [0.5, 0.6) is 11.5 Å². The van der Waals surface area contributed by atoms with Gasteiger partial charge in [-0.05, 0) is 128 Å². The number of anilines is 3. The van der Waals surface area contributed by atoms with Gasteiger partial charge in [-0.2, -0.15) is 0 Å². The molecule has 0 fully saturated rings. The molecule has 59 heavy (non-hydrogen) atoms. The van der Waals surface area contributed by atoms with Crippen LogP contribution in [-0.2, 0) is 0 Å². The Hall–Kier alpha value is -7.88. The predicted octanol–water partition coefficient (Wildman–Crippen LogP) is 15.7. The average Bonchev–Trinajstić information content (AvgIpc) is 3.64. The fourth-order valence-corrected chi connectivity index (χ4v) is 9.13. The second-order valence-electron chi connectivity index (χ2n) is 15.4. The van der Waals surface area contributed by atoms with E-state index in [4.69, 9.17) is 4.74 Å². The fourth-order valence-electron chi connectivity index (χ4n) is 9.13. The summed E-state index contributed by atoms with van der Waals surface area (Å²) in [5, 5.41) is 7.36. The Morgan fingerprint density at radius 1 is 0.339 bits per heavy atom. The third-order valence-electron chi connectivity index (χ3n) is 11.9. The summed E-state index contributed by atoms with van der Waals surface area (Å²) in [6, 6.07) is 78.9. The molecule has 0 atom stereocenters. The van der Waals surface area contributed by atoms with Crippen molar-refractivity contribution in [1.29, 1.82) is 0 Å². The van der Waals surface area contributed by atoms with Crippen LogP contribution in [0.15, 0.2) is 218 Å². The van der Waals surface area contributed by atoms with Crippen LogP contribution in [-0.4, -0.2) is 4.57 Å². The smallest absolute Gasteiger partial charge is 0.152 e. The molecule has 1 aliphatic heterocycles. The summed E-state index contributed by atoms with van der Waals surface area (Å²) < 4.78 is 8.73. The molecule has 2 heterocycles. The normalized spacial score (nSPS) is 11.9. The standard InChI is InChI=1S/C56H36N2O/c1-2-13-40-33-42(26-25-37(40)11-1)41-15-7-17-46(34-41)57(47-18-8-16-44(35-47)49-20-9-14-39-12-3-4-19-48(39)49)45-30-27-38(28-31-45)43-29-32-52-51(36-43)50-21-10-24-55-56(50)58(52)53-22-5-6-23-54(53)59-55/h1-36H. The van der Waals surface area contributed by atoms with E-state index in [1.54, 1.807) is 0 Å². The Morgan fingerprint density at radius 3 is 1.83 bits per heavy atom. The largest absolute Gasteiger partial charge is 0.453 e.